The van der Waals surface area contributed by atoms with Gasteiger partial charge in [-0.1, -0.05) is 24.0 Å². The van der Waals surface area contributed by atoms with E-state index in [1.54, 1.807) is 12.4 Å². The van der Waals surface area contributed by atoms with Gasteiger partial charge in [0.2, 0.25) is 0 Å². The summed E-state index contributed by atoms with van der Waals surface area (Å²) in [5, 5.41) is 0. The Morgan fingerprint density at radius 1 is 1.22 bits per heavy atom. The van der Waals surface area contributed by atoms with Crippen LogP contribution in [0.3, 0.4) is 0 Å². The third-order valence-electron chi connectivity index (χ3n) is 2.30. The number of rotatable bonds is 3. The van der Waals surface area contributed by atoms with Crippen LogP contribution >= 0.6 is 0 Å². The molecule has 0 aliphatic carbocycles. The van der Waals surface area contributed by atoms with E-state index in [0.29, 0.717) is 13.2 Å². The molecule has 0 aliphatic rings. The van der Waals surface area contributed by atoms with Crippen LogP contribution in [0.25, 0.3) is 0 Å². The first-order valence-corrected chi connectivity index (χ1v) is 5.69. The van der Waals surface area contributed by atoms with Crippen LogP contribution in [-0.2, 0) is 6.61 Å². The number of pyridine rings is 1. The average Bonchev–Trinajstić information content (AvgIpc) is 2.44. The fraction of sp³-hybridized carbons (Fsp3) is 0.133. The number of benzene rings is 1. The van der Waals surface area contributed by atoms with E-state index in [4.69, 9.17) is 10.5 Å². The highest BCUT2D eigenvalue weighted by molar-refractivity contribution is 5.39. The Labute approximate surface area is 107 Å². The van der Waals surface area contributed by atoms with E-state index in [1.807, 2.05) is 36.4 Å². The van der Waals surface area contributed by atoms with Gasteiger partial charge in [0.15, 0.2) is 0 Å². The van der Waals surface area contributed by atoms with E-state index in [9.17, 15) is 0 Å². The van der Waals surface area contributed by atoms with Crippen LogP contribution < -0.4 is 10.5 Å². The number of hydrogen-bond acceptors (Lipinski definition) is 3. The molecule has 1 aromatic heterocycles. The van der Waals surface area contributed by atoms with Crippen LogP contribution in [0.2, 0.25) is 0 Å². The minimum absolute atomic E-state index is 0.362. The van der Waals surface area contributed by atoms with Crippen molar-refractivity contribution in [1.82, 2.24) is 4.98 Å². The van der Waals surface area contributed by atoms with Gasteiger partial charge in [-0.2, -0.15) is 0 Å². The first-order valence-electron chi connectivity index (χ1n) is 5.69. The molecule has 90 valence electrons. The fourth-order valence-corrected chi connectivity index (χ4v) is 1.47. The molecule has 0 spiro atoms. The van der Waals surface area contributed by atoms with Gasteiger partial charge in [-0.25, -0.2) is 0 Å². The summed E-state index contributed by atoms with van der Waals surface area (Å²) in [5.41, 5.74) is 7.28. The topological polar surface area (TPSA) is 48.1 Å². The summed E-state index contributed by atoms with van der Waals surface area (Å²) in [7, 11) is 0. The van der Waals surface area contributed by atoms with Crippen LogP contribution in [0.15, 0.2) is 48.8 Å². The quantitative estimate of drug-likeness (QED) is 0.832. The predicted molar refractivity (Wildman–Crippen MR) is 70.9 cm³/mol. The third-order valence-corrected chi connectivity index (χ3v) is 2.30. The van der Waals surface area contributed by atoms with Gasteiger partial charge in [0.25, 0.3) is 0 Å². The smallest absolute Gasteiger partial charge is 0.121 e. The van der Waals surface area contributed by atoms with Crippen LogP contribution in [0.4, 0.5) is 0 Å². The molecule has 0 atom stereocenters. The maximum absolute atomic E-state index is 5.67. The zero-order valence-electron chi connectivity index (χ0n) is 9.97. The van der Waals surface area contributed by atoms with Crippen molar-refractivity contribution in [3.05, 3.63) is 59.9 Å². The van der Waals surface area contributed by atoms with Gasteiger partial charge in [-0.3, -0.25) is 4.98 Å². The lowest BCUT2D eigenvalue weighted by Crippen LogP contribution is -1.96. The maximum atomic E-state index is 5.67. The second-order valence-electron chi connectivity index (χ2n) is 3.68. The minimum atomic E-state index is 0.362. The average molecular weight is 238 g/mol. The minimum Gasteiger partial charge on any atom is -0.489 e. The Hall–Kier alpha value is -2.31. The first-order chi connectivity index (χ1) is 8.88. The summed E-state index contributed by atoms with van der Waals surface area (Å²) in [6.45, 7) is 0.863. The summed E-state index contributed by atoms with van der Waals surface area (Å²) in [4.78, 5) is 4.04. The largest absolute Gasteiger partial charge is 0.489 e. The molecule has 2 N–H and O–H groups in total. The van der Waals surface area contributed by atoms with E-state index >= 15 is 0 Å². The number of ether oxygens (including phenoxy) is 1. The van der Waals surface area contributed by atoms with Gasteiger partial charge < -0.3 is 10.5 Å². The summed E-state index contributed by atoms with van der Waals surface area (Å²) in [6.07, 6.45) is 3.53. The SMILES string of the molecule is NCC#Cc1cccc(OCc2cccnc2)c1. The van der Waals surface area contributed by atoms with E-state index in [-0.39, 0.29) is 0 Å². The molecule has 2 rings (SSSR count). The van der Waals surface area contributed by atoms with Crippen molar-refractivity contribution in [2.24, 2.45) is 5.73 Å². The highest BCUT2D eigenvalue weighted by Gasteiger charge is 1.96. The molecule has 2 aromatic rings. The highest BCUT2D eigenvalue weighted by atomic mass is 16.5. The van der Waals surface area contributed by atoms with Gasteiger partial charge in [0, 0.05) is 23.5 Å². The maximum Gasteiger partial charge on any atom is 0.121 e. The summed E-state index contributed by atoms with van der Waals surface area (Å²) in [5.74, 6) is 6.59. The van der Waals surface area contributed by atoms with Gasteiger partial charge in [0.1, 0.15) is 12.4 Å². The highest BCUT2D eigenvalue weighted by Crippen LogP contribution is 2.14. The van der Waals surface area contributed by atoms with Crippen LogP contribution in [0.5, 0.6) is 5.75 Å². The molecule has 0 saturated carbocycles. The lowest BCUT2D eigenvalue weighted by Gasteiger charge is -2.05. The Morgan fingerprint density at radius 2 is 2.17 bits per heavy atom. The van der Waals surface area contributed by atoms with Gasteiger partial charge in [-0.15, -0.1) is 0 Å². The van der Waals surface area contributed by atoms with E-state index in [1.165, 1.54) is 0 Å². The van der Waals surface area contributed by atoms with Gasteiger partial charge >= 0.3 is 0 Å². The first kappa shape index (κ1) is 12.2. The molecular weight excluding hydrogens is 224 g/mol. The molecule has 1 aromatic carbocycles. The van der Waals surface area contributed by atoms with E-state index in [2.05, 4.69) is 16.8 Å². The second kappa shape index (κ2) is 6.43. The van der Waals surface area contributed by atoms with Crippen molar-refractivity contribution in [3.8, 4) is 17.6 Å². The fourth-order valence-electron chi connectivity index (χ4n) is 1.47. The van der Waals surface area contributed by atoms with Crippen LogP contribution in [0, 0.1) is 11.8 Å². The molecule has 18 heavy (non-hydrogen) atoms. The monoisotopic (exact) mass is 238 g/mol. The molecule has 0 aliphatic heterocycles. The van der Waals surface area contributed by atoms with Gasteiger partial charge in [0.05, 0.1) is 6.54 Å². The molecule has 0 bridgehead atoms. The molecule has 1 heterocycles. The molecule has 3 nitrogen and oxygen atoms in total. The van der Waals surface area contributed by atoms with Crippen molar-refractivity contribution in [2.75, 3.05) is 6.54 Å². The van der Waals surface area contributed by atoms with Crippen molar-refractivity contribution >= 4 is 0 Å². The molecule has 0 unspecified atom stereocenters. The van der Waals surface area contributed by atoms with Crippen LogP contribution in [-0.4, -0.2) is 11.5 Å². The summed E-state index contributed by atoms with van der Waals surface area (Å²) in [6, 6.07) is 11.5. The Bertz CT molecular complexity index is 555. The Morgan fingerprint density at radius 3 is 2.94 bits per heavy atom. The normalized spacial score (nSPS) is 9.39. The zero-order valence-corrected chi connectivity index (χ0v) is 9.97. The van der Waals surface area contributed by atoms with Crippen molar-refractivity contribution in [1.29, 1.82) is 0 Å². The summed E-state index contributed by atoms with van der Waals surface area (Å²) >= 11 is 0. The summed E-state index contributed by atoms with van der Waals surface area (Å²) < 4.78 is 5.67. The number of nitrogens with two attached hydrogens (primary N) is 1. The Balaban J connectivity index is 2.01. The van der Waals surface area contributed by atoms with Crippen molar-refractivity contribution in [2.45, 2.75) is 6.61 Å². The lowest BCUT2D eigenvalue weighted by molar-refractivity contribution is 0.305. The van der Waals surface area contributed by atoms with E-state index < -0.39 is 0 Å². The van der Waals surface area contributed by atoms with Gasteiger partial charge in [-0.05, 0) is 24.3 Å². The number of hydrogen-bond donors (Lipinski definition) is 1. The Kier molecular flexibility index (Phi) is 4.34. The van der Waals surface area contributed by atoms with Crippen molar-refractivity contribution in [3.63, 3.8) is 0 Å². The van der Waals surface area contributed by atoms with E-state index in [0.717, 1.165) is 16.9 Å². The molecule has 0 saturated heterocycles. The molecule has 0 radical (unpaired) electrons. The standard InChI is InChI=1S/C15H14N2O/c16-8-2-5-13-4-1-7-15(10-13)18-12-14-6-3-9-17-11-14/h1,3-4,6-7,9-11H,8,12,16H2. The van der Waals surface area contributed by atoms with Crippen molar-refractivity contribution < 1.29 is 4.74 Å². The van der Waals surface area contributed by atoms with Crippen LogP contribution in [0.1, 0.15) is 11.1 Å². The molecular formula is C15H14N2O. The lowest BCUT2D eigenvalue weighted by atomic mass is 10.2. The number of aromatic nitrogens is 1. The molecule has 0 amide bonds. The molecule has 0 fully saturated rings. The predicted octanol–water partition coefficient (Wildman–Crippen LogP) is 1.97. The zero-order chi connectivity index (χ0) is 12.6. The second-order valence-corrected chi connectivity index (χ2v) is 3.68. The number of nitrogens with zero attached hydrogens (tertiary/aromatic N) is 1. The molecule has 3 heteroatoms. The third kappa shape index (κ3) is 3.62.